The molecule has 1 saturated heterocycles. The predicted octanol–water partition coefficient (Wildman–Crippen LogP) is 0.258. The third-order valence-electron chi connectivity index (χ3n) is 4.25. The van der Waals surface area contributed by atoms with Crippen LogP contribution in [0.3, 0.4) is 0 Å². The molecule has 8 nitrogen and oxygen atoms in total. The SMILES string of the molecule is CC(C)CNC(=O)CN1CCN(c2ncnc3c2cnn3C)CC1. The maximum absolute atomic E-state index is 11.9. The number of aromatic nitrogens is 4. The molecule has 2 aromatic heterocycles. The molecule has 1 amide bonds. The molecule has 0 unspecified atom stereocenters. The fourth-order valence-electron chi connectivity index (χ4n) is 2.90. The van der Waals surface area contributed by atoms with Gasteiger partial charge in [0, 0.05) is 39.8 Å². The van der Waals surface area contributed by atoms with E-state index in [1.807, 2.05) is 13.2 Å². The number of carbonyl (C=O) groups is 1. The number of fused-ring (bicyclic) bond motifs is 1. The Hall–Kier alpha value is -2.22. The molecule has 0 aromatic carbocycles. The van der Waals surface area contributed by atoms with E-state index >= 15 is 0 Å². The van der Waals surface area contributed by atoms with Crippen molar-refractivity contribution < 1.29 is 4.79 Å². The molecule has 3 heterocycles. The van der Waals surface area contributed by atoms with Gasteiger partial charge in [0.15, 0.2) is 5.65 Å². The van der Waals surface area contributed by atoms with E-state index in [4.69, 9.17) is 0 Å². The van der Waals surface area contributed by atoms with Gasteiger partial charge in [-0.2, -0.15) is 5.10 Å². The van der Waals surface area contributed by atoms with Crippen molar-refractivity contribution in [2.45, 2.75) is 13.8 Å². The van der Waals surface area contributed by atoms with Crippen LogP contribution in [-0.4, -0.2) is 69.8 Å². The molecule has 1 aliphatic rings. The first kappa shape index (κ1) is 16.6. The second kappa shape index (κ2) is 7.12. The summed E-state index contributed by atoms with van der Waals surface area (Å²) in [6.45, 7) is 8.78. The van der Waals surface area contributed by atoms with Gasteiger partial charge in [-0.1, -0.05) is 13.8 Å². The smallest absolute Gasteiger partial charge is 0.234 e. The van der Waals surface area contributed by atoms with E-state index in [2.05, 4.69) is 44.0 Å². The highest BCUT2D eigenvalue weighted by Crippen LogP contribution is 2.22. The number of anilines is 1. The molecule has 1 N–H and O–H groups in total. The van der Waals surface area contributed by atoms with Gasteiger partial charge in [0.25, 0.3) is 0 Å². The molecule has 2 aromatic rings. The van der Waals surface area contributed by atoms with Crippen molar-refractivity contribution in [2.24, 2.45) is 13.0 Å². The summed E-state index contributed by atoms with van der Waals surface area (Å²) in [4.78, 5) is 25.1. The van der Waals surface area contributed by atoms with Crippen LogP contribution < -0.4 is 10.2 Å². The summed E-state index contributed by atoms with van der Waals surface area (Å²) in [6.07, 6.45) is 3.40. The first-order valence-corrected chi connectivity index (χ1v) is 8.41. The largest absolute Gasteiger partial charge is 0.355 e. The molecular weight excluding hydrogens is 306 g/mol. The van der Waals surface area contributed by atoms with Gasteiger partial charge in [0.2, 0.25) is 5.91 Å². The van der Waals surface area contributed by atoms with Crippen LogP contribution in [0.15, 0.2) is 12.5 Å². The van der Waals surface area contributed by atoms with Crippen molar-refractivity contribution in [3.05, 3.63) is 12.5 Å². The summed E-state index contributed by atoms with van der Waals surface area (Å²) in [5, 5.41) is 8.21. The van der Waals surface area contributed by atoms with E-state index in [0.29, 0.717) is 12.5 Å². The van der Waals surface area contributed by atoms with Gasteiger partial charge < -0.3 is 10.2 Å². The zero-order valence-corrected chi connectivity index (χ0v) is 14.6. The van der Waals surface area contributed by atoms with Gasteiger partial charge in [0.1, 0.15) is 12.1 Å². The summed E-state index contributed by atoms with van der Waals surface area (Å²) in [7, 11) is 1.88. The lowest BCUT2D eigenvalue weighted by atomic mass is 10.2. The highest BCUT2D eigenvalue weighted by Gasteiger charge is 2.22. The first-order chi connectivity index (χ1) is 11.5. The standard InChI is InChI=1S/C16H25N7O/c1-12(2)8-17-14(24)10-22-4-6-23(7-5-22)16-13-9-20-21(3)15(13)18-11-19-16/h9,11-12H,4-8,10H2,1-3H3,(H,17,24). The lowest BCUT2D eigenvalue weighted by Gasteiger charge is -2.35. The second-order valence-corrected chi connectivity index (χ2v) is 6.66. The van der Waals surface area contributed by atoms with E-state index in [9.17, 15) is 4.79 Å². The summed E-state index contributed by atoms with van der Waals surface area (Å²) >= 11 is 0. The molecular formula is C16H25N7O. The number of carbonyl (C=O) groups excluding carboxylic acids is 1. The van der Waals surface area contributed by atoms with E-state index in [1.165, 1.54) is 0 Å². The molecule has 0 aliphatic carbocycles. The lowest BCUT2D eigenvalue weighted by molar-refractivity contribution is -0.122. The maximum Gasteiger partial charge on any atom is 0.234 e. The Morgan fingerprint density at radius 2 is 2.00 bits per heavy atom. The molecule has 8 heteroatoms. The number of aryl methyl sites for hydroxylation is 1. The normalized spacial score (nSPS) is 16.1. The molecule has 0 atom stereocenters. The van der Waals surface area contributed by atoms with Crippen LogP contribution in [-0.2, 0) is 11.8 Å². The van der Waals surface area contributed by atoms with Crippen molar-refractivity contribution in [3.63, 3.8) is 0 Å². The highest BCUT2D eigenvalue weighted by atomic mass is 16.2. The summed E-state index contributed by atoms with van der Waals surface area (Å²) in [5.41, 5.74) is 0.843. The Balaban J connectivity index is 1.58. The number of hydrogen-bond donors (Lipinski definition) is 1. The molecule has 24 heavy (non-hydrogen) atoms. The maximum atomic E-state index is 11.9. The van der Waals surface area contributed by atoms with Crippen LogP contribution in [0.2, 0.25) is 0 Å². The summed E-state index contributed by atoms with van der Waals surface area (Å²) in [5.74, 6) is 1.51. The molecule has 0 radical (unpaired) electrons. The summed E-state index contributed by atoms with van der Waals surface area (Å²) in [6, 6.07) is 0. The molecule has 1 fully saturated rings. The van der Waals surface area contributed by atoms with Crippen LogP contribution in [0.1, 0.15) is 13.8 Å². The van der Waals surface area contributed by atoms with Crippen molar-refractivity contribution in [3.8, 4) is 0 Å². The fraction of sp³-hybridized carbons (Fsp3) is 0.625. The van der Waals surface area contributed by atoms with Gasteiger partial charge in [-0.25, -0.2) is 9.97 Å². The Labute approximate surface area is 141 Å². The predicted molar refractivity (Wildman–Crippen MR) is 92.8 cm³/mol. The second-order valence-electron chi connectivity index (χ2n) is 6.66. The number of nitrogens with one attached hydrogen (secondary N) is 1. The Morgan fingerprint density at radius 1 is 1.25 bits per heavy atom. The Bertz CT molecular complexity index is 704. The minimum Gasteiger partial charge on any atom is -0.355 e. The van der Waals surface area contributed by atoms with E-state index < -0.39 is 0 Å². The number of amides is 1. The number of piperazine rings is 1. The molecule has 1 aliphatic heterocycles. The van der Waals surface area contributed by atoms with Crippen LogP contribution in [0.5, 0.6) is 0 Å². The number of rotatable bonds is 5. The average Bonchev–Trinajstić information content (AvgIpc) is 2.95. The minimum absolute atomic E-state index is 0.105. The monoisotopic (exact) mass is 331 g/mol. The third kappa shape index (κ3) is 3.64. The molecule has 0 spiro atoms. The van der Waals surface area contributed by atoms with Crippen molar-refractivity contribution in [2.75, 3.05) is 44.2 Å². The summed E-state index contributed by atoms with van der Waals surface area (Å²) < 4.78 is 1.76. The molecule has 0 bridgehead atoms. The number of nitrogens with zero attached hydrogens (tertiary/aromatic N) is 6. The van der Waals surface area contributed by atoms with Crippen LogP contribution >= 0.6 is 0 Å². The molecule has 3 rings (SSSR count). The number of hydrogen-bond acceptors (Lipinski definition) is 6. The quantitative estimate of drug-likeness (QED) is 0.846. The lowest BCUT2D eigenvalue weighted by Crippen LogP contribution is -2.50. The van der Waals surface area contributed by atoms with Crippen LogP contribution in [0, 0.1) is 5.92 Å². The van der Waals surface area contributed by atoms with Crippen molar-refractivity contribution in [1.82, 2.24) is 30.0 Å². The Morgan fingerprint density at radius 3 is 2.71 bits per heavy atom. The van der Waals surface area contributed by atoms with E-state index in [1.54, 1.807) is 11.0 Å². The highest BCUT2D eigenvalue weighted by molar-refractivity contribution is 5.86. The van der Waals surface area contributed by atoms with Gasteiger partial charge in [-0.3, -0.25) is 14.4 Å². The van der Waals surface area contributed by atoms with Crippen LogP contribution in [0.4, 0.5) is 5.82 Å². The van der Waals surface area contributed by atoms with E-state index in [-0.39, 0.29) is 5.91 Å². The zero-order valence-electron chi connectivity index (χ0n) is 14.6. The zero-order chi connectivity index (χ0) is 17.1. The fourth-order valence-corrected chi connectivity index (χ4v) is 2.90. The van der Waals surface area contributed by atoms with Gasteiger partial charge in [0.05, 0.1) is 18.1 Å². The average molecular weight is 331 g/mol. The third-order valence-corrected chi connectivity index (χ3v) is 4.25. The topological polar surface area (TPSA) is 79.2 Å². The van der Waals surface area contributed by atoms with Gasteiger partial charge >= 0.3 is 0 Å². The minimum atomic E-state index is 0.105. The molecule has 130 valence electrons. The van der Waals surface area contributed by atoms with E-state index in [0.717, 1.165) is 49.6 Å². The van der Waals surface area contributed by atoms with Gasteiger partial charge in [-0.05, 0) is 5.92 Å². The van der Waals surface area contributed by atoms with Gasteiger partial charge in [-0.15, -0.1) is 0 Å². The van der Waals surface area contributed by atoms with Crippen molar-refractivity contribution >= 4 is 22.8 Å². The van der Waals surface area contributed by atoms with Crippen molar-refractivity contribution in [1.29, 1.82) is 0 Å². The van der Waals surface area contributed by atoms with Crippen LogP contribution in [0.25, 0.3) is 11.0 Å². The Kier molecular flexibility index (Phi) is 4.94. The molecule has 0 saturated carbocycles. The first-order valence-electron chi connectivity index (χ1n) is 8.41.